The maximum Gasteiger partial charge on any atom is 0.240 e. The molecule has 3 nitrogen and oxygen atoms in total. The van der Waals surface area contributed by atoms with Crippen LogP contribution in [0.25, 0.3) is 10.8 Å². The fourth-order valence-electron chi connectivity index (χ4n) is 1.24. The predicted molar refractivity (Wildman–Crippen MR) is 49.5 cm³/mol. The first kappa shape index (κ1) is 7.65. The van der Waals surface area contributed by atoms with Gasteiger partial charge in [0.1, 0.15) is 5.69 Å². The molecule has 0 aliphatic carbocycles. The molecule has 2 rings (SSSR count). The number of aliphatic imine (C=N–C) groups is 1. The van der Waals surface area contributed by atoms with Crippen molar-refractivity contribution in [2.75, 3.05) is 0 Å². The Morgan fingerprint density at radius 2 is 2.08 bits per heavy atom. The van der Waals surface area contributed by atoms with Gasteiger partial charge in [-0.25, -0.2) is 4.79 Å². The van der Waals surface area contributed by atoms with Gasteiger partial charge < -0.3 is 0 Å². The lowest BCUT2D eigenvalue weighted by molar-refractivity contribution is 0.565. The number of fused-ring (bicyclic) bond motifs is 1. The highest BCUT2D eigenvalue weighted by molar-refractivity contribution is 5.91. The summed E-state index contributed by atoms with van der Waals surface area (Å²) in [4.78, 5) is 17.6. The van der Waals surface area contributed by atoms with E-state index in [1.165, 1.54) is 6.08 Å². The number of benzene rings is 1. The number of aromatic nitrogens is 1. The lowest BCUT2D eigenvalue weighted by atomic mass is 10.1. The quantitative estimate of drug-likeness (QED) is 0.486. The smallest absolute Gasteiger partial charge is 0.240 e. The fraction of sp³-hybridized carbons (Fsp3) is 0. The Hall–Kier alpha value is -1.99. The van der Waals surface area contributed by atoms with Gasteiger partial charge >= 0.3 is 0 Å². The third kappa shape index (κ3) is 1.33. The van der Waals surface area contributed by atoms with Crippen molar-refractivity contribution >= 4 is 22.5 Å². The van der Waals surface area contributed by atoms with E-state index >= 15 is 0 Å². The van der Waals surface area contributed by atoms with Gasteiger partial charge in [0, 0.05) is 17.0 Å². The van der Waals surface area contributed by atoms with Crippen molar-refractivity contribution < 1.29 is 4.79 Å². The summed E-state index contributed by atoms with van der Waals surface area (Å²) in [5.74, 6) is 0. The molecule has 0 aliphatic rings. The molecule has 13 heavy (non-hydrogen) atoms. The summed E-state index contributed by atoms with van der Waals surface area (Å²) in [5.41, 5.74) is 0.563. The molecular formula is C10H6N2O. The van der Waals surface area contributed by atoms with Gasteiger partial charge in [-0.15, -0.1) is 0 Å². The number of nitrogens with zero attached hydrogens (tertiary/aromatic N) is 2. The van der Waals surface area contributed by atoms with Crippen LogP contribution in [0.2, 0.25) is 0 Å². The van der Waals surface area contributed by atoms with Gasteiger partial charge in [-0.3, -0.25) is 4.98 Å². The van der Waals surface area contributed by atoms with Gasteiger partial charge in [-0.2, -0.15) is 4.99 Å². The van der Waals surface area contributed by atoms with Gasteiger partial charge in [0.05, 0.1) is 6.20 Å². The van der Waals surface area contributed by atoms with Crippen molar-refractivity contribution in [1.82, 2.24) is 4.98 Å². The highest BCUT2D eigenvalue weighted by atomic mass is 16.1. The molecule has 2 aromatic rings. The van der Waals surface area contributed by atoms with Crippen LogP contribution in [-0.4, -0.2) is 11.1 Å². The second-order valence-corrected chi connectivity index (χ2v) is 2.58. The third-order valence-corrected chi connectivity index (χ3v) is 1.81. The first-order valence-corrected chi connectivity index (χ1v) is 3.82. The molecule has 0 saturated heterocycles. The van der Waals surface area contributed by atoms with Crippen LogP contribution in [0.5, 0.6) is 0 Å². The number of pyridine rings is 1. The molecule has 0 fully saturated rings. The van der Waals surface area contributed by atoms with Gasteiger partial charge in [-0.1, -0.05) is 24.3 Å². The molecule has 0 amide bonds. The van der Waals surface area contributed by atoms with Gasteiger partial charge in [0.25, 0.3) is 0 Å². The Bertz CT molecular complexity index is 482. The molecule has 0 N–H and O–H groups in total. The van der Waals surface area contributed by atoms with Crippen LogP contribution in [0.15, 0.2) is 41.7 Å². The van der Waals surface area contributed by atoms with Gasteiger partial charge in [0.15, 0.2) is 0 Å². The number of isocyanates is 1. The summed E-state index contributed by atoms with van der Waals surface area (Å²) in [6.07, 6.45) is 4.80. The molecule has 62 valence electrons. The summed E-state index contributed by atoms with van der Waals surface area (Å²) in [6.45, 7) is 0. The Morgan fingerprint density at radius 1 is 1.23 bits per heavy atom. The van der Waals surface area contributed by atoms with Crippen molar-refractivity contribution in [3.8, 4) is 0 Å². The zero-order chi connectivity index (χ0) is 9.10. The largest absolute Gasteiger partial charge is 0.262 e. The maximum absolute atomic E-state index is 10.1. The normalized spacial score (nSPS) is 9.54. The number of carbonyl (C=O) groups excluding carboxylic acids is 1. The molecular weight excluding hydrogens is 164 g/mol. The molecule has 1 aromatic carbocycles. The van der Waals surface area contributed by atoms with E-state index in [0.29, 0.717) is 5.69 Å². The van der Waals surface area contributed by atoms with Crippen molar-refractivity contribution in [1.29, 1.82) is 0 Å². The number of hydrogen-bond acceptors (Lipinski definition) is 3. The predicted octanol–water partition coefficient (Wildman–Crippen LogP) is 2.20. The minimum Gasteiger partial charge on any atom is -0.262 e. The zero-order valence-electron chi connectivity index (χ0n) is 6.77. The Balaban J connectivity index is 2.82. The maximum atomic E-state index is 10.1. The monoisotopic (exact) mass is 170 g/mol. The topological polar surface area (TPSA) is 42.3 Å². The number of rotatable bonds is 1. The number of hydrogen-bond donors (Lipinski definition) is 0. The average Bonchev–Trinajstić information content (AvgIpc) is 2.19. The van der Waals surface area contributed by atoms with E-state index in [9.17, 15) is 4.79 Å². The zero-order valence-corrected chi connectivity index (χ0v) is 6.77. The second-order valence-electron chi connectivity index (χ2n) is 2.58. The highest BCUT2D eigenvalue weighted by Gasteiger charge is 1.97. The van der Waals surface area contributed by atoms with Crippen molar-refractivity contribution in [3.05, 3.63) is 36.7 Å². The van der Waals surface area contributed by atoms with Gasteiger partial charge in [0.2, 0.25) is 6.08 Å². The second kappa shape index (κ2) is 3.17. The first-order valence-electron chi connectivity index (χ1n) is 3.82. The van der Waals surface area contributed by atoms with E-state index in [0.717, 1.165) is 10.8 Å². The first-order chi connectivity index (χ1) is 6.42. The molecule has 0 saturated carbocycles. The van der Waals surface area contributed by atoms with E-state index in [1.54, 1.807) is 12.4 Å². The molecule has 0 spiro atoms. The molecule has 3 heteroatoms. The van der Waals surface area contributed by atoms with Crippen molar-refractivity contribution in [2.45, 2.75) is 0 Å². The third-order valence-electron chi connectivity index (χ3n) is 1.81. The van der Waals surface area contributed by atoms with Crippen LogP contribution < -0.4 is 0 Å². The van der Waals surface area contributed by atoms with Crippen LogP contribution in [0, 0.1) is 0 Å². The summed E-state index contributed by atoms with van der Waals surface area (Å²) in [5, 5.41) is 1.89. The standard InChI is InChI=1S/C10H6N2O/c13-7-12-10-6-11-5-8-3-1-2-4-9(8)10/h1-6H. The molecule has 1 aromatic heterocycles. The van der Waals surface area contributed by atoms with Gasteiger partial charge in [-0.05, 0) is 0 Å². The van der Waals surface area contributed by atoms with E-state index in [4.69, 9.17) is 0 Å². The minimum absolute atomic E-state index is 0.563. The molecule has 0 atom stereocenters. The Kier molecular flexibility index (Phi) is 1.87. The summed E-state index contributed by atoms with van der Waals surface area (Å²) in [6, 6.07) is 7.63. The summed E-state index contributed by atoms with van der Waals surface area (Å²) >= 11 is 0. The average molecular weight is 170 g/mol. The molecule has 0 bridgehead atoms. The molecule has 1 heterocycles. The van der Waals surface area contributed by atoms with E-state index in [2.05, 4.69) is 9.98 Å². The van der Waals surface area contributed by atoms with Crippen LogP contribution in [0.3, 0.4) is 0 Å². The van der Waals surface area contributed by atoms with Crippen LogP contribution in [0.4, 0.5) is 5.69 Å². The van der Waals surface area contributed by atoms with Crippen molar-refractivity contribution in [2.24, 2.45) is 4.99 Å². The van der Waals surface area contributed by atoms with E-state index in [-0.39, 0.29) is 0 Å². The SMILES string of the molecule is O=C=Nc1cncc2ccccc12. The van der Waals surface area contributed by atoms with E-state index < -0.39 is 0 Å². The van der Waals surface area contributed by atoms with Crippen LogP contribution >= 0.6 is 0 Å². The summed E-state index contributed by atoms with van der Waals surface area (Å²) in [7, 11) is 0. The van der Waals surface area contributed by atoms with Crippen molar-refractivity contribution in [3.63, 3.8) is 0 Å². The molecule has 0 unspecified atom stereocenters. The van der Waals surface area contributed by atoms with Crippen LogP contribution in [-0.2, 0) is 4.79 Å². The summed E-state index contributed by atoms with van der Waals surface area (Å²) < 4.78 is 0. The minimum atomic E-state index is 0.563. The highest BCUT2D eigenvalue weighted by Crippen LogP contribution is 2.23. The molecule has 0 aliphatic heterocycles. The molecule has 0 radical (unpaired) electrons. The Labute approximate surface area is 74.8 Å². The van der Waals surface area contributed by atoms with Crippen LogP contribution in [0.1, 0.15) is 0 Å². The lowest BCUT2D eigenvalue weighted by Crippen LogP contribution is -1.75. The lowest BCUT2D eigenvalue weighted by Gasteiger charge is -1.97. The van der Waals surface area contributed by atoms with E-state index in [1.807, 2.05) is 24.3 Å². The Morgan fingerprint density at radius 3 is 2.92 bits per heavy atom. The fourth-order valence-corrected chi connectivity index (χ4v) is 1.24.